The molecule has 6 nitrogen and oxygen atoms in total. The monoisotopic (exact) mass is 316 g/mol. The molecule has 0 saturated carbocycles. The molecule has 0 saturated heterocycles. The first-order valence-electron chi connectivity index (χ1n) is 7.14. The summed E-state index contributed by atoms with van der Waals surface area (Å²) in [5, 5.41) is 18.9. The Bertz CT molecular complexity index is 676. The fourth-order valence-electron chi connectivity index (χ4n) is 2.15. The second-order valence-corrected chi connectivity index (χ2v) is 5.54. The molecule has 2 aromatic carbocycles. The van der Waals surface area contributed by atoms with Gasteiger partial charge in [0.2, 0.25) is 0 Å². The molecule has 0 heterocycles. The topological polar surface area (TPSA) is 105 Å². The van der Waals surface area contributed by atoms with E-state index in [1.54, 1.807) is 13.0 Å². The molecule has 0 aliphatic heterocycles. The Labute approximate surface area is 134 Å². The third kappa shape index (κ3) is 4.21. The largest absolute Gasteiger partial charge is 0.504 e. The second kappa shape index (κ2) is 7.13. The summed E-state index contributed by atoms with van der Waals surface area (Å²) in [7, 11) is 0. The molecule has 1 atom stereocenters. The van der Waals surface area contributed by atoms with Crippen LogP contribution in [0, 0.1) is 0 Å². The molecule has 6 heteroatoms. The number of carbonyl (C=O) groups excluding carboxylic acids is 1. The van der Waals surface area contributed by atoms with E-state index in [1.165, 1.54) is 12.1 Å². The Morgan fingerprint density at radius 1 is 1.13 bits per heavy atom. The van der Waals surface area contributed by atoms with Crippen LogP contribution in [0.3, 0.4) is 0 Å². The molecular formula is C17H20N2O4. The van der Waals surface area contributed by atoms with Crippen molar-refractivity contribution >= 4 is 5.97 Å². The molecule has 0 amide bonds. The molecule has 0 aliphatic rings. The second-order valence-electron chi connectivity index (χ2n) is 5.54. The number of esters is 1. The zero-order valence-electron chi connectivity index (χ0n) is 12.8. The third-order valence-electron chi connectivity index (χ3n) is 3.58. The molecule has 0 aliphatic carbocycles. The molecule has 2 rings (SSSR count). The van der Waals surface area contributed by atoms with Crippen LogP contribution in [0.2, 0.25) is 0 Å². The number of hydrazine groups is 1. The summed E-state index contributed by atoms with van der Waals surface area (Å²) >= 11 is 0. The van der Waals surface area contributed by atoms with E-state index in [2.05, 4.69) is 5.43 Å². The van der Waals surface area contributed by atoms with Crippen molar-refractivity contribution in [2.75, 3.05) is 0 Å². The lowest BCUT2D eigenvalue weighted by Crippen LogP contribution is -2.55. The van der Waals surface area contributed by atoms with Gasteiger partial charge in [0.15, 0.2) is 11.5 Å². The van der Waals surface area contributed by atoms with Gasteiger partial charge in [-0.2, -0.15) is 0 Å². The lowest BCUT2D eigenvalue weighted by Gasteiger charge is -2.26. The van der Waals surface area contributed by atoms with Gasteiger partial charge in [-0.3, -0.25) is 5.84 Å². The summed E-state index contributed by atoms with van der Waals surface area (Å²) in [6.07, 6.45) is 0.199. The van der Waals surface area contributed by atoms with Gasteiger partial charge in [-0.05, 0) is 30.2 Å². The van der Waals surface area contributed by atoms with Crippen LogP contribution in [0.15, 0.2) is 48.5 Å². The minimum atomic E-state index is -1.15. The van der Waals surface area contributed by atoms with Gasteiger partial charge in [0.05, 0.1) is 0 Å². The maximum atomic E-state index is 12.3. The number of phenols is 2. The van der Waals surface area contributed by atoms with Crippen LogP contribution in [0.1, 0.15) is 18.1 Å². The molecule has 122 valence electrons. The zero-order chi connectivity index (χ0) is 16.9. The number of aromatic hydroxyl groups is 2. The number of hydrogen-bond donors (Lipinski definition) is 4. The Kier molecular flexibility index (Phi) is 5.20. The van der Waals surface area contributed by atoms with Gasteiger partial charge in [0, 0.05) is 6.42 Å². The predicted molar refractivity (Wildman–Crippen MR) is 85.4 cm³/mol. The van der Waals surface area contributed by atoms with Crippen molar-refractivity contribution in [3.63, 3.8) is 0 Å². The Hall–Kier alpha value is -2.57. The van der Waals surface area contributed by atoms with Gasteiger partial charge in [0.1, 0.15) is 12.1 Å². The van der Waals surface area contributed by atoms with E-state index in [-0.39, 0.29) is 24.5 Å². The number of ether oxygens (including phenoxy) is 1. The molecular weight excluding hydrogens is 296 g/mol. The van der Waals surface area contributed by atoms with Crippen LogP contribution in [0.5, 0.6) is 11.5 Å². The van der Waals surface area contributed by atoms with E-state index in [9.17, 15) is 15.0 Å². The molecule has 23 heavy (non-hydrogen) atoms. The molecule has 0 spiro atoms. The average Bonchev–Trinajstić information content (AvgIpc) is 2.56. The highest BCUT2D eigenvalue weighted by atomic mass is 16.5. The first-order chi connectivity index (χ1) is 10.9. The third-order valence-corrected chi connectivity index (χ3v) is 3.58. The van der Waals surface area contributed by atoms with Crippen molar-refractivity contribution in [3.8, 4) is 11.5 Å². The lowest BCUT2D eigenvalue weighted by molar-refractivity contribution is -0.152. The van der Waals surface area contributed by atoms with E-state index < -0.39 is 11.5 Å². The number of nitrogens with one attached hydrogen (secondary N) is 1. The molecule has 0 bridgehead atoms. The Balaban J connectivity index is 2.06. The fraction of sp³-hybridized carbons (Fsp3) is 0.235. The number of nitrogens with two attached hydrogens (primary N) is 1. The summed E-state index contributed by atoms with van der Waals surface area (Å²) in [5.74, 6) is 4.56. The minimum absolute atomic E-state index is 0.151. The Morgan fingerprint density at radius 3 is 2.43 bits per heavy atom. The highest BCUT2D eigenvalue weighted by molar-refractivity contribution is 5.80. The average molecular weight is 316 g/mol. The number of rotatable bonds is 6. The van der Waals surface area contributed by atoms with Crippen LogP contribution in [0.25, 0.3) is 0 Å². The summed E-state index contributed by atoms with van der Waals surface area (Å²) in [6, 6.07) is 13.7. The quantitative estimate of drug-likeness (QED) is 0.279. The van der Waals surface area contributed by atoms with Crippen LogP contribution in [0.4, 0.5) is 0 Å². The standard InChI is InChI=1S/C17H20N2O4/c1-17(19-18,10-13-7-8-14(20)15(21)9-13)16(22)23-11-12-5-3-2-4-6-12/h2-9,19-21H,10-11,18H2,1H3/t17-/m0/s1. The lowest BCUT2D eigenvalue weighted by atomic mass is 9.93. The van der Waals surface area contributed by atoms with Crippen molar-refractivity contribution in [2.24, 2.45) is 5.84 Å². The van der Waals surface area contributed by atoms with Crippen molar-refractivity contribution < 1.29 is 19.7 Å². The highest BCUT2D eigenvalue weighted by Crippen LogP contribution is 2.27. The molecule has 2 aromatic rings. The number of hydrogen-bond acceptors (Lipinski definition) is 6. The van der Waals surface area contributed by atoms with E-state index in [4.69, 9.17) is 10.6 Å². The first kappa shape index (κ1) is 16.8. The summed E-state index contributed by atoms with van der Waals surface area (Å²) in [6.45, 7) is 1.77. The number of phenolic OH excluding ortho intramolecular Hbond substituents is 2. The van der Waals surface area contributed by atoms with Crippen molar-refractivity contribution in [3.05, 3.63) is 59.7 Å². The van der Waals surface area contributed by atoms with Gasteiger partial charge in [-0.25, -0.2) is 10.2 Å². The summed E-state index contributed by atoms with van der Waals surface area (Å²) < 4.78 is 5.32. The molecule has 0 radical (unpaired) electrons. The smallest absolute Gasteiger partial charge is 0.328 e. The van der Waals surface area contributed by atoms with Crippen molar-refractivity contribution in [1.29, 1.82) is 0 Å². The van der Waals surface area contributed by atoms with E-state index in [0.29, 0.717) is 5.56 Å². The van der Waals surface area contributed by atoms with E-state index in [1.807, 2.05) is 30.3 Å². The summed E-state index contributed by atoms with van der Waals surface area (Å²) in [4.78, 5) is 12.3. The zero-order valence-corrected chi connectivity index (χ0v) is 12.8. The molecule has 0 fully saturated rings. The maximum absolute atomic E-state index is 12.3. The maximum Gasteiger partial charge on any atom is 0.328 e. The Morgan fingerprint density at radius 2 is 1.83 bits per heavy atom. The molecule has 5 N–H and O–H groups in total. The minimum Gasteiger partial charge on any atom is -0.504 e. The molecule has 0 aromatic heterocycles. The highest BCUT2D eigenvalue weighted by Gasteiger charge is 2.34. The van der Waals surface area contributed by atoms with Crippen LogP contribution in [-0.2, 0) is 22.6 Å². The van der Waals surface area contributed by atoms with Gasteiger partial charge in [-0.1, -0.05) is 36.4 Å². The predicted octanol–water partition coefficient (Wildman–Crippen LogP) is 1.61. The number of carbonyl (C=O) groups is 1. The van der Waals surface area contributed by atoms with Gasteiger partial charge in [0.25, 0.3) is 0 Å². The van der Waals surface area contributed by atoms with Crippen LogP contribution < -0.4 is 11.3 Å². The van der Waals surface area contributed by atoms with Gasteiger partial charge < -0.3 is 14.9 Å². The SMILES string of the molecule is C[C@@](Cc1ccc(O)c(O)c1)(NN)C(=O)OCc1ccccc1. The van der Waals surface area contributed by atoms with Gasteiger partial charge >= 0.3 is 5.97 Å². The summed E-state index contributed by atoms with van der Waals surface area (Å²) in [5.41, 5.74) is 2.84. The normalized spacial score (nSPS) is 13.3. The first-order valence-corrected chi connectivity index (χ1v) is 7.14. The van der Waals surface area contributed by atoms with Crippen molar-refractivity contribution in [1.82, 2.24) is 5.43 Å². The van der Waals surface area contributed by atoms with E-state index >= 15 is 0 Å². The van der Waals surface area contributed by atoms with Crippen LogP contribution >= 0.6 is 0 Å². The van der Waals surface area contributed by atoms with Crippen molar-refractivity contribution in [2.45, 2.75) is 25.5 Å². The molecule has 0 unspecified atom stereocenters. The fourth-order valence-corrected chi connectivity index (χ4v) is 2.15. The number of benzene rings is 2. The van der Waals surface area contributed by atoms with Crippen LogP contribution in [-0.4, -0.2) is 21.7 Å². The van der Waals surface area contributed by atoms with E-state index in [0.717, 1.165) is 5.56 Å². The van der Waals surface area contributed by atoms with Gasteiger partial charge in [-0.15, -0.1) is 0 Å².